The zero-order valence-electron chi connectivity index (χ0n) is 14.3. The Balaban J connectivity index is 4.89. The third-order valence-corrected chi connectivity index (χ3v) is 4.77. The first kappa shape index (κ1) is 20.0. The van der Waals surface area contributed by atoms with Crippen LogP contribution >= 0.6 is 0 Å². The first-order valence-electron chi connectivity index (χ1n) is 7.80. The van der Waals surface area contributed by atoms with Crippen molar-refractivity contribution >= 4 is 8.80 Å². The van der Waals surface area contributed by atoms with E-state index in [1.165, 1.54) is 0 Å². The summed E-state index contributed by atoms with van der Waals surface area (Å²) in [6.07, 6.45) is 0. The fraction of sp³-hybridized carbons (Fsp3) is 1.00. The molecular weight excluding hydrogens is 274 g/mol. The summed E-state index contributed by atoms with van der Waals surface area (Å²) in [4.78, 5) is 0. The van der Waals surface area contributed by atoms with Crippen molar-refractivity contribution in [3.8, 4) is 0 Å². The highest BCUT2D eigenvalue weighted by Gasteiger charge is 2.42. The third-order valence-electron chi connectivity index (χ3n) is 3.00. The monoisotopic (exact) mass is 307 g/mol. The van der Waals surface area contributed by atoms with Crippen molar-refractivity contribution in [3.05, 3.63) is 0 Å². The Bertz CT molecular complexity index is 199. The Hall–Kier alpha value is -0.0231. The van der Waals surface area contributed by atoms with E-state index >= 15 is 0 Å². The van der Waals surface area contributed by atoms with Gasteiger partial charge in [-0.15, -0.1) is 0 Å². The number of nitrogens with zero attached hydrogens (tertiary/aromatic N) is 3. The molecule has 0 atom stereocenters. The molecule has 0 bridgehead atoms. The second-order valence-electron chi connectivity index (χ2n) is 4.48. The third kappa shape index (κ3) is 7.12. The highest BCUT2D eigenvalue weighted by atomic mass is 28.4. The van der Waals surface area contributed by atoms with E-state index in [9.17, 15) is 0 Å². The predicted octanol–water partition coefficient (Wildman–Crippen LogP) is 2.38. The van der Waals surface area contributed by atoms with Crippen LogP contribution in [0.15, 0.2) is 0 Å². The Morgan fingerprint density at radius 2 is 0.750 bits per heavy atom. The number of rotatable bonds is 12. The van der Waals surface area contributed by atoms with Crippen LogP contribution in [0.4, 0.5) is 0 Å². The van der Waals surface area contributed by atoms with Gasteiger partial charge in [0.1, 0.15) is 0 Å². The van der Waals surface area contributed by atoms with Crippen molar-refractivity contribution in [1.29, 1.82) is 0 Å². The molecule has 7 heteroatoms. The van der Waals surface area contributed by atoms with Gasteiger partial charge >= 0.3 is 8.80 Å². The van der Waals surface area contributed by atoms with Gasteiger partial charge in [0, 0.05) is 45.8 Å². The molecule has 0 N–H and O–H groups in total. The molecule has 0 aromatic carbocycles. The van der Waals surface area contributed by atoms with E-state index in [-0.39, 0.29) is 0 Å². The van der Waals surface area contributed by atoms with Crippen molar-refractivity contribution in [3.63, 3.8) is 0 Å². The number of hydroxylamine groups is 6. The first-order chi connectivity index (χ1) is 9.48. The molecule has 0 aromatic heterocycles. The summed E-state index contributed by atoms with van der Waals surface area (Å²) in [5.74, 6) is 0. The van der Waals surface area contributed by atoms with E-state index in [1.54, 1.807) is 0 Å². The molecule has 0 spiro atoms. The van der Waals surface area contributed by atoms with Gasteiger partial charge in [-0.2, -0.15) is 15.2 Å². The van der Waals surface area contributed by atoms with Gasteiger partial charge in [0.25, 0.3) is 0 Å². The van der Waals surface area contributed by atoms with E-state index in [2.05, 4.69) is 41.5 Å². The maximum atomic E-state index is 6.05. The van der Waals surface area contributed by atoms with Crippen LogP contribution in [-0.4, -0.2) is 63.3 Å². The smallest absolute Gasteiger partial charge is 0.284 e. The molecule has 0 heterocycles. The SMILES string of the molecule is CCN(CC)O[Si](C)(ON(CC)CC)ON(CC)CC. The van der Waals surface area contributed by atoms with Crippen molar-refractivity contribution in [2.75, 3.05) is 39.3 Å². The number of hydrogen-bond acceptors (Lipinski definition) is 6. The molecule has 0 radical (unpaired) electrons. The lowest BCUT2D eigenvalue weighted by Crippen LogP contribution is -2.55. The second kappa shape index (κ2) is 10.7. The number of hydrogen-bond donors (Lipinski definition) is 0. The van der Waals surface area contributed by atoms with Crippen LogP contribution in [-0.2, 0) is 13.6 Å². The van der Waals surface area contributed by atoms with Crippen LogP contribution in [0.3, 0.4) is 0 Å². The molecule has 0 fully saturated rings. The van der Waals surface area contributed by atoms with Crippen LogP contribution < -0.4 is 0 Å². The summed E-state index contributed by atoms with van der Waals surface area (Å²) in [5.41, 5.74) is 0. The first-order valence-corrected chi connectivity index (χ1v) is 10.0. The van der Waals surface area contributed by atoms with E-state index in [1.807, 2.05) is 21.7 Å². The Kier molecular flexibility index (Phi) is 10.7. The van der Waals surface area contributed by atoms with Crippen molar-refractivity contribution < 1.29 is 13.6 Å². The molecular formula is C13H33N3O3Si. The fourth-order valence-electron chi connectivity index (χ4n) is 1.81. The summed E-state index contributed by atoms with van der Waals surface area (Å²) in [7, 11) is -2.79. The average molecular weight is 308 g/mol. The highest BCUT2D eigenvalue weighted by Crippen LogP contribution is 2.16. The van der Waals surface area contributed by atoms with Gasteiger partial charge in [-0.1, -0.05) is 41.5 Å². The van der Waals surface area contributed by atoms with Gasteiger partial charge < -0.3 is 0 Å². The second-order valence-corrected chi connectivity index (χ2v) is 6.75. The summed E-state index contributed by atoms with van der Waals surface area (Å²) in [6.45, 7) is 19.2. The molecule has 0 aliphatic rings. The highest BCUT2D eigenvalue weighted by molar-refractivity contribution is 6.58. The molecule has 0 aliphatic heterocycles. The summed E-state index contributed by atoms with van der Waals surface area (Å²) < 4.78 is 18.1. The average Bonchev–Trinajstić information content (AvgIpc) is 2.48. The van der Waals surface area contributed by atoms with Crippen LogP contribution in [0.2, 0.25) is 6.55 Å². The summed E-state index contributed by atoms with van der Waals surface area (Å²) >= 11 is 0. The van der Waals surface area contributed by atoms with E-state index in [4.69, 9.17) is 13.6 Å². The van der Waals surface area contributed by atoms with Crippen LogP contribution in [0.5, 0.6) is 0 Å². The molecule has 0 rings (SSSR count). The van der Waals surface area contributed by atoms with E-state index in [0.717, 1.165) is 39.3 Å². The zero-order chi connectivity index (χ0) is 15.6. The molecule has 0 aromatic rings. The lowest BCUT2D eigenvalue weighted by molar-refractivity contribution is -0.220. The predicted molar refractivity (Wildman–Crippen MR) is 83.6 cm³/mol. The molecule has 0 aliphatic carbocycles. The summed E-state index contributed by atoms with van der Waals surface area (Å²) in [6, 6.07) is 0. The standard InChI is InChI=1S/C13H33N3O3Si/c1-8-14(9-2)17-20(7,18-15(10-3)11-4)19-16(12-5)13-6/h8-13H2,1-7H3. The van der Waals surface area contributed by atoms with Crippen LogP contribution in [0.25, 0.3) is 0 Å². The minimum Gasteiger partial charge on any atom is -0.284 e. The van der Waals surface area contributed by atoms with Crippen molar-refractivity contribution in [1.82, 2.24) is 15.2 Å². The lowest BCUT2D eigenvalue weighted by atomic mass is 10.6. The Morgan fingerprint density at radius 1 is 0.550 bits per heavy atom. The molecule has 0 unspecified atom stereocenters. The normalized spacial score (nSPS) is 12.9. The maximum Gasteiger partial charge on any atom is 0.549 e. The quantitative estimate of drug-likeness (QED) is 0.407. The minimum atomic E-state index is -2.79. The van der Waals surface area contributed by atoms with Crippen molar-refractivity contribution in [2.24, 2.45) is 0 Å². The molecule has 0 saturated carbocycles. The van der Waals surface area contributed by atoms with Gasteiger partial charge in [0.05, 0.1) is 0 Å². The molecule has 6 nitrogen and oxygen atoms in total. The zero-order valence-corrected chi connectivity index (χ0v) is 15.3. The van der Waals surface area contributed by atoms with Gasteiger partial charge in [0.2, 0.25) is 0 Å². The molecule has 0 amide bonds. The van der Waals surface area contributed by atoms with Crippen molar-refractivity contribution in [2.45, 2.75) is 48.1 Å². The fourth-order valence-corrected chi connectivity index (χ4v) is 4.09. The van der Waals surface area contributed by atoms with Crippen LogP contribution in [0.1, 0.15) is 41.5 Å². The molecule has 20 heavy (non-hydrogen) atoms. The minimum absolute atomic E-state index is 0.808. The Morgan fingerprint density at radius 3 is 0.900 bits per heavy atom. The maximum absolute atomic E-state index is 6.05. The van der Waals surface area contributed by atoms with Crippen LogP contribution in [0, 0.1) is 0 Å². The van der Waals surface area contributed by atoms with E-state index in [0.29, 0.717) is 0 Å². The van der Waals surface area contributed by atoms with Gasteiger partial charge in [0.15, 0.2) is 0 Å². The topological polar surface area (TPSA) is 37.4 Å². The van der Waals surface area contributed by atoms with Gasteiger partial charge in [-0.25, -0.2) is 0 Å². The van der Waals surface area contributed by atoms with E-state index < -0.39 is 8.80 Å². The summed E-state index contributed by atoms with van der Waals surface area (Å²) in [5, 5.41) is 5.66. The Labute approximate surface area is 125 Å². The largest absolute Gasteiger partial charge is 0.549 e. The lowest BCUT2D eigenvalue weighted by Gasteiger charge is -2.36. The van der Waals surface area contributed by atoms with Gasteiger partial charge in [-0.3, -0.25) is 13.6 Å². The molecule has 0 saturated heterocycles. The molecule has 122 valence electrons. The van der Waals surface area contributed by atoms with Gasteiger partial charge in [-0.05, 0) is 0 Å².